The van der Waals surface area contributed by atoms with Crippen LogP contribution in [0.1, 0.15) is 54.6 Å². The number of carbonyl (C=O) groups excluding carboxylic acids is 3. The number of fused-ring (bicyclic) bond motifs is 3. The highest BCUT2D eigenvalue weighted by Crippen LogP contribution is 2.40. The maximum Gasteiger partial charge on any atom is 0.339 e. The second-order valence-corrected chi connectivity index (χ2v) is 24.1. The van der Waals surface area contributed by atoms with Gasteiger partial charge in [0.25, 0.3) is 0 Å². The normalized spacial score (nSPS) is 10.9. The minimum atomic E-state index is -1.08. The summed E-state index contributed by atoms with van der Waals surface area (Å²) in [5, 5.41) is 45.0. The molecule has 0 fully saturated rings. The van der Waals surface area contributed by atoms with E-state index in [1.807, 2.05) is 158 Å². The van der Waals surface area contributed by atoms with Gasteiger partial charge in [-0.2, -0.15) is 0 Å². The van der Waals surface area contributed by atoms with Crippen molar-refractivity contribution in [2.24, 2.45) is 0 Å². The molecule has 15 nitrogen and oxygen atoms in total. The van der Waals surface area contributed by atoms with E-state index in [2.05, 4.69) is 63.7 Å². The molecule has 0 spiro atoms. The van der Waals surface area contributed by atoms with Crippen LogP contribution in [0.5, 0.6) is 0 Å². The Balaban J connectivity index is 0.000000142. The highest BCUT2D eigenvalue weighted by Gasteiger charge is 2.25. The topological polar surface area (TPSA) is 239 Å². The van der Waals surface area contributed by atoms with Gasteiger partial charge < -0.3 is 44.5 Å². The average molecular weight is 1380 g/mol. The molecule has 0 aliphatic heterocycles. The number of hydrogen-bond acceptors (Lipinski definition) is 12. The minimum absolute atomic E-state index is 0.0250. The molecule has 6 heterocycles. The van der Waals surface area contributed by atoms with Crippen LogP contribution in [0.15, 0.2) is 207 Å². The Morgan fingerprint density at radius 2 is 0.812 bits per heavy atom. The summed E-state index contributed by atoms with van der Waals surface area (Å²) in [4.78, 5) is 74.7. The molecule has 85 heavy (non-hydrogen) atoms. The standard InChI is InChI=1S/C22H16BrNO4S.2C21H14BrNO4S/c23-15-7-5-13(6-8-15)21-20(22(26)27)17(12-29-21)24-19(25)10-9-16-11-14-3-1-2-4-18(14)28-16;22-14-7-5-12(6-8-14)20-19(21(25)26)16(11-28-20)23-18(24)9-13-10-27-17-4-2-1-3-15(13)17;22-14-7-5-12(6-8-14)20-19(21(25)26)16(11-28-20)23-18(24)10-15-9-13-3-1-2-4-17(13)27-15/h1-8,11-12H,9-10H2,(H,24,25)(H,26,27);1-8,10-11H,9H2,(H,23,24)(H,25,26);1-9,11H,10H2,(H,23,24)(H,25,26). The number of amides is 3. The summed E-state index contributed by atoms with van der Waals surface area (Å²) in [6, 6.07) is 48.5. The van der Waals surface area contributed by atoms with Crippen molar-refractivity contribution in [1.82, 2.24) is 0 Å². The monoisotopic (exact) mass is 1380 g/mol. The molecule has 0 atom stereocenters. The molecule has 0 saturated heterocycles. The number of hydrogen-bond donors (Lipinski definition) is 6. The van der Waals surface area contributed by atoms with Gasteiger partial charge in [-0.05, 0) is 83.4 Å². The van der Waals surface area contributed by atoms with E-state index in [-0.39, 0.29) is 59.4 Å². The first-order valence-electron chi connectivity index (χ1n) is 25.7. The molecule has 0 radical (unpaired) electrons. The Hall–Kier alpha value is -8.70. The van der Waals surface area contributed by atoms with E-state index >= 15 is 0 Å². The molecule has 6 N–H and O–H groups in total. The van der Waals surface area contributed by atoms with Gasteiger partial charge in [0.1, 0.15) is 45.0 Å². The van der Waals surface area contributed by atoms with Crippen molar-refractivity contribution in [2.45, 2.75) is 25.7 Å². The summed E-state index contributed by atoms with van der Waals surface area (Å²) in [5.41, 5.74) is 6.52. The molecule has 6 aromatic carbocycles. The second-order valence-electron chi connectivity index (χ2n) is 18.8. The molecule has 6 aromatic heterocycles. The molecule has 12 rings (SSSR count). The van der Waals surface area contributed by atoms with Crippen molar-refractivity contribution >= 4 is 167 Å². The highest BCUT2D eigenvalue weighted by atomic mass is 79.9. The molecular weight excluding hydrogens is 1340 g/mol. The van der Waals surface area contributed by atoms with Crippen molar-refractivity contribution in [3.8, 4) is 31.3 Å². The van der Waals surface area contributed by atoms with Crippen LogP contribution < -0.4 is 16.0 Å². The first-order chi connectivity index (χ1) is 41.0. The third-order valence-electron chi connectivity index (χ3n) is 13.0. The van der Waals surface area contributed by atoms with Gasteiger partial charge in [-0.15, -0.1) is 34.0 Å². The Labute approximate surface area is 521 Å². The molecule has 3 amide bonds. The van der Waals surface area contributed by atoms with E-state index in [9.17, 15) is 44.1 Å². The molecule has 12 aromatic rings. The van der Waals surface area contributed by atoms with Crippen molar-refractivity contribution < 1.29 is 57.3 Å². The van der Waals surface area contributed by atoms with Crippen LogP contribution in [0.3, 0.4) is 0 Å². The zero-order chi connectivity index (χ0) is 59.7. The molecule has 426 valence electrons. The maximum absolute atomic E-state index is 12.5. The van der Waals surface area contributed by atoms with Gasteiger partial charge in [0.05, 0.1) is 50.8 Å². The number of para-hydroxylation sites is 3. The Morgan fingerprint density at radius 3 is 1.25 bits per heavy atom. The number of carbonyl (C=O) groups is 6. The van der Waals surface area contributed by atoms with Crippen molar-refractivity contribution in [2.75, 3.05) is 16.0 Å². The molecular formula is C64H44Br3N3O12S3. The lowest BCUT2D eigenvalue weighted by Gasteiger charge is -2.06. The largest absolute Gasteiger partial charge is 0.478 e. The van der Waals surface area contributed by atoms with Crippen LogP contribution in [0, 0.1) is 0 Å². The van der Waals surface area contributed by atoms with E-state index in [0.717, 1.165) is 63.2 Å². The van der Waals surface area contributed by atoms with E-state index in [0.29, 0.717) is 49.4 Å². The lowest BCUT2D eigenvalue weighted by atomic mass is 10.1. The fourth-order valence-electron chi connectivity index (χ4n) is 9.05. The van der Waals surface area contributed by atoms with Gasteiger partial charge in [-0.25, -0.2) is 14.4 Å². The zero-order valence-electron chi connectivity index (χ0n) is 44.0. The third kappa shape index (κ3) is 14.5. The van der Waals surface area contributed by atoms with E-state index < -0.39 is 17.9 Å². The number of aromatic carboxylic acids is 3. The number of halogens is 3. The molecule has 0 unspecified atom stereocenters. The number of carboxylic acid groups (broad SMARTS) is 3. The summed E-state index contributed by atoms with van der Waals surface area (Å²) in [6.07, 6.45) is 2.31. The summed E-state index contributed by atoms with van der Waals surface area (Å²) >= 11 is 14.0. The van der Waals surface area contributed by atoms with Crippen molar-refractivity contribution in [1.29, 1.82) is 0 Å². The summed E-state index contributed by atoms with van der Waals surface area (Å²) in [5.74, 6) is -2.87. The minimum Gasteiger partial charge on any atom is -0.478 e. The van der Waals surface area contributed by atoms with Crippen LogP contribution in [0.4, 0.5) is 17.1 Å². The first kappa shape index (κ1) is 59.5. The summed E-state index contributed by atoms with van der Waals surface area (Å²) < 4.78 is 19.6. The van der Waals surface area contributed by atoms with E-state index in [1.165, 1.54) is 34.0 Å². The Bertz CT molecular complexity index is 4370. The molecule has 0 aliphatic carbocycles. The first-order valence-corrected chi connectivity index (χ1v) is 30.7. The van der Waals surface area contributed by atoms with Crippen molar-refractivity contribution in [3.05, 3.63) is 227 Å². The third-order valence-corrected chi connectivity index (χ3v) is 17.6. The van der Waals surface area contributed by atoms with E-state index in [1.54, 1.807) is 22.4 Å². The van der Waals surface area contributed by atoms with E-state index in [4.69, 9.17) is 13.3 Å². The predicted octanol–water partition coefficient (Wildman–Crippen LogP) is 17.8. The zero-order valence-corrected chi connectivity index (χ0v) is 51.2. The van der Waals surface area contributed by atoms with Gasteiger partial charge in [0.15, 0.2) is 0 Å². The summed E-state index contributed by atoms with van der Waals surface area (Å²) in [7, 11) is 0. The van der Waals surface area contributed by atoms with Crippen LogP contribution in [-0.2, 0) is 33.6 Å². The van der Waals surface area contributed by atoms with Gasteiger partial charge in [-0.1, -0.05) is 139 Å². The van der Waals surface area contributed by atoms with Crippen LogP contribution >= 0.6 is 81.8 Å². The SMILES string of the molecule is O=C(CCc1cc2ccccc2o1)Nc1csc(-c2ccc(Br)cc2)c1C(=O)O.O=C(Cc1cc2ccccc2o1)Nc1csc(-c2ccc(Br)cc2)c1C(=O)O.O=C(Cc1coc2ccccc12)Nc1csc(-c2ccc(Br)cc2)c1C(=O)O. The second kappa shape index (κ2) is 26.9. The van der Waals surface area contributed by atoms with Gasteiger partial charge in [0.2, 0.25) is 17.7 Å². The maximum atomic E-state index is 12.5. The molecule has 0 saturated carbocycles. The van der Waals surface area contributed by atoms with Crippen LogP contribution in [0.2, 0.25) is 0 Å². The Morgan fingerprint density at radius 1 is 0.435 bits per heavy atom. The Kier molecular flexibility index (Phi) is 18.8. The predicted molar refractivity (Wildman–Crippen MR) is 344 cm³/mol. The van der Waals surface area contributed by atoms with Gasteiger partial charge >= 0.3 is 17.9 Å². The number of furan rings is 3. The lowest BCUT2D eigenvalue weighted by Crippen LogP contribution is -2.16. The van der Waals surface area contributed by atoms with Crippen LogP contribution in [-0.4, -0.2) is 50.9 Å². The smallest absolute Gasteiger partial charge is 0.339 e. The fourth-order valence-corrected chi connectivity index (χ4v) is 12.8. The number of thiophene rings is 3. The quantitative estimate of drug-likeness (QED) is 0.0530. The molecule has 0 bridgehead atoms. The van der Waals surface area contributed by atoms with Gasteiger partial charge in [0, 0.05) is 64.1 Å². The summed E-state index contributed by atoms with van der Waals surface area (Å²) in [6.45, 7) is 0. The number of anilines is 3. The number of benzene rings is 6. The number of nitrogens with one attached hydrogen (secondary N) is 3. The van der Waals surface area contributed by atoms with Gasteiger partial charge in [-0.3, -0.25) is 14.4 Å². The number of carboxylic acids is 3. The highest BCUT2D eigenvalue weighted by molar-refractivity contribution is 9.11. The number of rotatable bonds is 16. The number of aryl methyl sites for hydroxylation is 1. The fraction of sp³-hybridized carbons (Fsp3) is 0.0625. The lowest BCUT2D eigenvalue weighted by molar-refractivity contribution is -0.116. The van der Waals surface area contributed by atoms with Crippen molar-refractivity contribution in [3.63, 3.8) is 0 Å². The van der Waals surface area contributed by atoms with Crippen LogP contribution in [0.25, 0.3) is 64.2 Å². The molecule has 0 aliphatic rings. The molecule has 21 heteroatoms. The average Bonchev–Trinajstić information content (AvgIpc) is 4.48.